The maximum atomic E-state index is 13.4. The van der Waals surface area contributed by atoms with E-state index in [9.17, 15) is 14.4 Å². The number of likely N-dealkylation sites (tertiary alicyclic amines) is 1. The van der Waals surface area contributed by atoms with Crippen LogP contribution in [0, 0.1) is 0 Å². The van der Waals surface area contributed by atoms with Crippen molar-refractivity contribution >= 4 is 28.9 Å². The highest BCUT2D eigenvalue weighted by Gasteiger charge is 2.48. The number of fused-ring (bicyclic) bond motifs is 1. The number of hydrogen-bond donors (Lipinski definition) is 1. The number of carbonyl (C=O) groups is 3. The van der Waals surface area contributed by atoms with Gasteiger partial charge in [-0.25, -0.2) is 0 Å². The SMILES string of the molecule is CC(C)(C)c1ccc(C(=O)NC(Cc2cccs2)C(=O)N2CCC3OCC(=O)C32)cc1. The molecule has 2 amide bonds. The lowest BCUT2D eigenvalue weighted by atomic mass is 9.86. The molecule has 0 bridgehead atoms. The first-order valence-electron chi connectivity index (χ1n) is 10.6. The van der Waals surface area contributed by atoms with Crippen LogP contribution in [0.2, 0.25) is 0 Å². The number of nitrogens with zero attached hydrogens (tertiary/aromatic N) is 1. The minimum absolute atomic E-state index is 0.00510. The average molecular weight is 441 g/mol. The van der Waals surface area contributed by atoms with Gasteiger partial charge in [0.25, 0.3) is 5.91 Å². The molecule has 2 aromatic rings. The predicted molar refractivity (Wildman–Crippen MR) is 119 cm³/mol. The minimum atomic E-state index is -0.736. The Labute approximate surface area is 186 Å². The van der Waals surface area contributed by atoms with E-state index in [0.29, 0.717) is 24.9 Å². The van der Waals surface area contributed by atoms with Crippen molar-refractivity contribution in [3.8, 4) is 0 Å². The van der Waals surface area contributed by atoms with Crippen LogP contribution in [-0.4, -0.2) is 53.8 Å². The number of ether oxygens (including phenoxy) is 1. The van der Waals surface area contributed by atoms with Crippen LogP contribution in [0.15, 0.2) is 41.8 Å². The van der Waals surface area contributed by atoms with Gasteiger partial charge in [0.15, 0.2) is 5.78 Å². The van der Waals surface area contributed by atoms with Gasteiger partial charge < -0.3 is 15.0 Å². The van der Waals surface area contributed by atoms with Crippen LogP contribution >= 0.6 is 11.3 Å². The van der Waals surface area contributed by atoms with Crippen LogP contribution in [-0.2, 0) is 26.2 Å². The monoisotopic (exact) mass is 440 g/mol. The van der Waals surface area contributed by atoms with Crippen molar-refractivity contribution in [3.63, 3.8) is 0 Å². The summed E-state index contributed by atoms with van der Waals surface area (Å²) in [6.45, 7) is 6.89. The maximum absolute atomic E-state index is 13.4. The van der Waals surface area contributed by atoms with E-state index in [4.69, 9.17) is 4.74 Å². The molecule has 0 aliphatic carbocycles. The highest BCUT2D eigenvalue weighted by Crippen LogP contribution is 2.28. The first kappa shape index (κ1) is 21.7. The number of hydrogen-bond acceptors (Lipinski definition) is 5. The van der Waals surface area contributed by atoms with E-state index in [2.05, 4.69) is 26.1 Å². The molecule has 0 saturated carbocycles. The molecule has 31 heavy (non-hydrogen) atoms. The lowest BCUT2D eigenvalue weighted by Crippen LogP contribution is -2.53. The Morgan fingerprint density at radius 2 is 1.97 bits per heavy atom. The number of thiophene rings is 1. The Balaban J connectivity index is 1.53. The molecule has 6 nitrogen and oxygen atoms in total. The highest BCUT2D eigenvalue weighted by atomic mass is 32.1. The summed E-state index contributed by atoms with van der Waals surface area (Å²) < 4.78 is 5.52. The number of carbonyl (C=O) groups excluding carboxylic acids is 3. The molecule has 0 radical (unpaired) electrons. The maximum Gasteiger partial charge on any atom is 0.251 e. The van der Waals surface area contributed by atoms with Crippen molar-refractivity contribution in [2.24, 2.45) is 0 Å². The molecule has 164 valence electrons. The van der Waals surface area contributed by atoms with Gasteiger partial charge >= 0.3 is 0 Å². The zero-order valence-electron chi connectivity index (χ0n) is 18.1. The number of rotatable bonds is 5. The number of benzene rings is 1. The van der Waals surface area contributed by atoms with Crippen LogP contribution in [0.5, 0.6) is 0 Å². The van der Waals surface area contributed by atoms with E-state index in [0.717, 1.165) is 10.4 Å². The van der Waals surface area contributed by atoms with Gasteiger partial charge in [0.05, 0.1) is 6.10 Å². The molecule has 7 heteroatoms. The number of amides is 2. The molecular formula is C24H28N2O4S. The molecule has 1 aromatic heterocycles. The normalized spacial score (nSPS) is 21.8. The van der Waals surface area contributed by atoms with E-state index < -0.39 is 12.1 Å². The zero-order chi connectivity index (χ0) is 22.2. The average Bonchev–Trinajstić information content (AvgIpc) is 3.46. The lowest BCUT2D eigenvalue weighted by molar-refractivity contribution is -0.138. The lowest BCUT2D eigenvalue weighted by Gasteiger charge is -2.27. The Morgan fingerprint density at radius 1 is 1.23 bits per heavy atom. The second-order valence-electron chi connectivity index (χ2n) is 9.22. The van der Waals surface area contributed by atoms with Gasteiger partial charge in [0.1, 0.15) is 18.7 Å². The van der Waals surface area contributed by atoms with Gasteiger partial charge in [0.2, 0.25) is 5.91 Å². The second kappa shape index (κ2) is 8.55. The first-order chi connectivity index (χ1) is 14.7. The Morgan fingerprint density at radius 3 is 2.61 bits per heavy atom. The fourth-order valence-corrected chi connectivity index (χ4v) is 4.99. The predicted octanol–water partition coefficient (Wildman–Crippen LogP) is 2.96. The minimum Gasteiger partial charge on any atom is -0.368 e. The summed E-state index contributed by atoms with van der Waals surface area (Å²) in [7, 11) is 0. The largest absolute Gasteiger partial charge is 0.368 e. The van der Waals surface area contributed by atoms with Crippen molar-refractivity contribution in [3.05, 3.63) is 57.8 Å². The number of nitrogens with one attached hydrogen (secondary N) is 1. The van der Waals surface area contributed by atoms with Crippen LogP contribution in [0.4, 0.5) is 0 Å². The zero-order valence-corrected chi connectivity index (χ0v) is 18.9. The van der Waals surface area contributed by atoms with Crippen molar-refractivity contribution in [1.82, 2.24) is 10.2 Å². The third-order valence-corrected chi connectivity index (χ3v) is 6.90. The van der Waals surface area contributed by atoms with E-state index >= 15 is 0 Å². The van der Waals surface area contributed by atoms with Crippen LogP contribution in [0.25, 0.3) is 0 Å². The number of ketones is 1. The van der Waals surface area contributed by atoms with Crippen molar-refractivity contribution < 1.29 is 19.1 Å². The molecule has 2 saturated heterocycles. The molecule has 1 aromatic carbocycles. The van der Waals surface area contributed by atoms with Gasteiger partial charge in [-0.15, -0.1) is 11.3 Å². The summed E-state index contributed by atoms with van der Waals surface area (Å²) in [5.74, 6) is -0.575. The van der Waals surface area contributed by atoms with E-state index in [1.807, 2.05) is 29.6 Å². The van der Waals surface area contributed by atoms with Crippen molar-refractivity contribution in [1.29, 1.82) is 0 Å². The van der Waals surface area contributed by atoms with E-state index in [1.165, 1.54) is 0 Å². The summed E-state index contributed by atoms with van der Waals surface area (Å²) in [5, 5.41) is 4.87. The summed E-state index contributed by atoms with van der Waals surface area (Å²) >= 11 is 1.55. The molecule has 1 N–H and O–H groups in total. The second-order valence-corrected chi connectivity index (χ2v) is 10.3. The van der Waals surface area contributed by atoms with Crippen molar-refractivity contribution in [2.75, 3.05) is 13.2 Å². The van der Waals surface area contributed by atoms with Gasteiger partial charge in [-0.3, -0.25) is 14.4 Å². The molecule has 3 heterocycles. The van der Waals surface area contributed by atoms with Crippen LogP contribution in [0.1, 0.15) is 48.0 Å². The molecule has 2 aliphatic rings. The van der Waals surface area contributed by atoms with Crippen molar-refractivity contribution in [2.45, 2.75) is 57.2 Å². The smallest absolute Gasteiger partial charge is 0.251 e. The molecule has 2 fully saturated rings. The number of Topliss-reactive ketones (excluding diaryl/α,β-unsaturated/α-hetero) is 1. The molecule has 3 atom stereocenters. The summed E-state index contributed by atoms with van der Waals surface area (Å²) in [6, 6.07) is 10.1. The summed E-state index contributed by atoms with van der Waals surface area (Å²) in [5.41, 5.74) is 1.64. The topological polar surface area (TPSA) is 75.7 Å². The van der Waals surface area contributed by atoms with E-state index in [1.54, 1.807) is 28.4 Å². The Kier molecular flexibility index (Phi) is 5.99. The van der Waals surface area contributed by atoms with Gasteiger partial charge in [0, 0.05) is 23.4 Å². The highest BCUT2D eigenvalue weighted by molar-refractivity contribution is 7.09. The molecule has 0 spiro atoms. The standard InChI is InChI=1S/C24H28N2O4S/c1-24(2,3)16-8-6-15(7-9-16)22(28)25-18(13-17-5-4-12-31-17)23(29)26-11-10-20-21(26)19(27)14-30-20/h4-9,12,18,20-21H,10-11,13-14H2,1-3H3,(H,25,28). The molecular weight excluding hydrogens is 412 g/mol. The first-order valence-corrected chi connectivity index (χ1v) is 11.5. The third-order valence-electron chi connectivity index (χ3n) is 6.00. The fraction of sp³-hybridized carbons (Fsp3) is 0.458. The third kappa shape index (κ3) is 4.57. The van der Waals surface area contributed by atoms with E-state index in [-0.39, 0.29) is 35.7 Å². The quantitative estimate of drug-likeness (QED) is 0.776. The molecule has 4 rings (SSSR count). The Hall–Kier alpha value is -2.51. The summed E-state index contributed by atoms with van der Waals surface area (Å²) in [6.07, 6.45) is 0.820. The molecule has 3 unspecified atom stereocenters. The summed E-state index contributed by atoms with van der Waals surface area (Å²) in [4.78, 5) is 41.3. The molecule has 2 aliphatic heterocycles. The van der Waals surface area contributed by atoms with Gasteiger partial charge in [-0.1, -0.05) is 39.0 Å². The Bertz CT molecular complexity index is 962. The van der Waals surface area contributed by atoms with Gasteiger partial charge in [-0.05, 0) is 41.0 Å². The van der Waals surface area contributed by atoms with Gasteiger partial charge in [-0.2, -0.15) is 0 Å². The van der Waals surface area contributed by atoms with Crippen LogP contribution < -0.4 is 5.32 Å². The van der Waals surface area contributed by atoms with Crippen LogP contribution in [0.3, 0.4) is 0 Å². The fourth-order valence-electron chi connectivity index (χ4n) is 4.23.